The van der Waals surface area contributed by atoms with E-state index in [2.05, 4.69) is 18.4 Å². The molecule has 142 heavy (non-hydrogen) atoms. The first kappa shape index (κ1) is 111. The largest absolute Gasteiger partial charge is 0.508 e. The molecule has 12 saturated carbocycles. The Morgan fingerprint density at radius 3 is 0.930 bits per heavy atom. The molecule has 0 spiro atoms. The molecule has 24 aliphatic rings. The van der Waals surface area contributed by atoms with E-state index in [0.29, 0.717) is 128 Å². The summed E-state index contributed by atoms with van der Waals surface area (Å²) >= 11 is 0. The van der Waals surface area contributed by atoms with Crippen molar-refractivity contribution in [2.45, 2.75) is 340 Å². The highest BCUT2D eigenvalue weighted by molar-refractivity contribution is 7.87. The minimum Gasteiger partial charge on any atom is -0.464 e. The quantitative estimate of drug-likeness (QED) is 0.0204. The number of halogens is 18. The first-order chi connectivity index (χ1) is 66.0. The Morgan fingerprint density at radius 2 is 0.606 bits per heavy atom. The molecule has 50 heteroatoms. The van der Waals surface area contributed by atoms with Crippen LogP contribution in [0.2, 0.25) is 0 Å². The van der Waals surface area contributed by atoms with Crippen molar-refractivity contribution in [2.75, 3.05) is 53.4 Å². The van der Waals surface area contributed by atoms with Crippen LogP contribution in [0.5, 0.6) is 0 Å². The molecule has 0 amide bonds. The van der Waals surface area contributed by atoms with Gasteiger partial charge < -0.3 is 75.8 Å². The number of carbonyl (C=O) groups is 12. The fraction of sp³-hybridized carbons (Fsp3) is 0.870. The molecule has 30 atom stereocenters. The van der Waals surface area contributed by atoms with E-state index in [1.807, 2.05) is 0 Å². The van der Waals surface area contributed by atoms with E-state index in [9.17, 15) is 145 Å². The third-order valence-corrected chi connectivity index (χ3v) is 31.8. The van der Waals surface area contributed by atoms with Gasteiger partial charge in [-0.15, -0.1) is 0 Å². The van der Waals surface area contributed by atoms with Crippen LogP contribution in [-0.4, -0.2) is 259 Å². The average molecular weight is 2090 g/mol. The van der Waals surface area contributed by atoms with Crippen LogP contribution in [0.4, 0.5) is 83.8 Å². The van der Waals surface area contributed by atoms with Crippen LogP contribution in [0, 0.1) is 107 Å². The minimum absolute atomic E-state index is 0.0222. The van der Waals surface area contributed by atoms with Gasteiger partial charge >= 0.3 is 123 Å². The fourth-order valence-electron chi connectivity index (χ4n) is 24.1. The van der Waals surface area contributed by atoms with Crippen molar-refractivity contribution in [3.05, 3.63) is 0 Å². The van der Waals surface area contributed by atoms with Gasteiger partial charge in [-0.05, 0) is 201 Å². The molecule has 0 aromatic rings. The van der Waals surface area contributed by atoms with Gasteiger partial charge in [0.05, 0.1) is 80.9 Å². The number of rotatable bonds is 31. The predicted octanol–water partition coefficient (Wildman–Crippen LogP) is 14.5. The summed E-state index contributed by atoms with van der Waals surface area (Å²) in [7, 11) is -5.50. The van der Waals surface area contributed by atoms with Gasteiger partial charge in [0.25, 0.3) is 11.8 Å². The Hall–Kier alpha value is -8.03. The smallest absolute Gasteiger partial charge is 0.464 e. The summed E-state index contributed by atoms with van der Waals surface area (Å²) in [4.78, 5) is 141. The molecule has 31 nitrogen and oxygen atoms in total. The number of fused-ring (bicyclic) bond motifs is 6. The predicted molar refractivity (Wildman–Crippen MR) is 438 cm³/mol. The highest BCUT2D eigenvalue weighted by Crippen LogP contribution is 2.56. The van der Waals surface area contributed by atoms with Gasteiger partial charge in [0.15, 0.2) is 13.2 Å². The lowest BCUT2D eigenvalue weighted by molar-refractivity contribution is -0.207. The second kappa shape index (κ2) is 43.8. The standard InChI is InChI=1S/C17H22F4O8S.C17H22F4O5.C16H20F4O4.C15H20F2O5.C14H18F2O5.C13H16F2O4/c1-26-30(24,25)17(20,21)16(18,19)2-3-27-13(22)8-28-14-10-4-9-5-11(7-10)15(23)29-12(14)6-9;1-16(18,19)17(20,21)2-3-24-8-13(22)26-14-10-4-9-5-11(7-10)15(23)25-12(14)6-9;1-15(17,18)16(19,20)3-2-12(21)24-13-9-4-8-5-10(7-9)14(22)23-11(13)6-8;1-15(16,17)7-21-12(18)6-20-13-9-2-8-3-10(5-9)14(19)22-11(13)4-8;1-14(15,16)6-19-13(18)21-11-8-2-7-3-9(5-8)12(17)20-10(11)4-7;1-13(14,15)12(17)19-10-7-2-6-3-8(5-7)11(16)18-9(10)4-6/h9-12,14H,2-8H2,1H3;9-12,14H,2-8H2,1H3;8-11,13H,2-7H2,1H3;8-11,13H,2-7H2,1H3;7-11H,2-6H2,1H3;6-10H,2-5H2,1H3. The van der Waals surface area contributed by atoms with Gasteiger partial charge in [0.1, 0.15) is 80.9 Å². The normalized spacial score (nSPS) is 35.6. The molecular formula is C92H118F18O31S. The molecule has 24 fully saturated rings. The maximum Gasteiger partial charge on any atom is 0.508 e. The molecule has 804 valence electrons. The molecule has 24 rings (SSSR count). The molecule has 0 aromatic carbocycles. The highest BCUT2D eigenvalue weighted by Gasteiger charge is 2.67. The van der Waals surface area contributed by atoms with E-state index in [-0.39, 0.29) is 139 Å². The maximum atomic E-state index is 13.6. The number of hydrogen-bond acceptors (Lipinski definition) is 31. The Bertz CT molecular complexity index is 4660. The van der Waals surface area contributed by atoms with Gasteiger partial charge in [0.2, 0.25) is 0 Å². The van der Waals surface area contributed by atoms with Gasteiger partial charge in [0, 0.05) is 71.1 Å². The summed E-state index contributed by atoms with van der Waals surface area (Å²) < 4.78 is 342. The van der Waals surface area contributed by atoms with Crippen LogP contribution in [0.25, 0.3) is 0 Å². The van der Waals surface area contributed by atoms with E-state index in [0.717, 1.165) is 89.9 Å². The number of carbonyl (C=O) groups excluding carboxylic acids is 12. The third kappa shape index (κ3) is 27.3. The highest BCUT2D eigenvalue weighted by atomic mass is 32.2. The SMILES string of the molecule is CC(F)(F)C(=O)OC1C2CC3CC(C2)C(=O)OC1C3.CC(F)(F)C(F)(F)CCC(=O)OC1C2CC3CC(C2)C(=O)OC1C3.CC(F)(F)C(F)(F)CCOCC(=O)OC1C2CC3CC(C2)C(=O)OC1C3.CC(F)(F)COC(=O)COC1C2CC3CC(C2)C(=O)OC1C3.CC(F)(F)COC(=O)OC1C2CC3CC(C2)C(=O)OC1C3.COS(=O)(=O)C(F)(F)C(F)(F)CCOC(=O)COC1C2CC3CC(C2)C(=O)OC1C3. The monoisotopic (exact) mass is 2090 g/mol. The minimum atomic E-state index is -5.84. The molecule has 0 aromatic heterocycles. The zero-order chi connectivity index (χ0) is 104. The van der Waals surface area contributed by atoms with Gasteiger partial charge in [-0.3, -0.25) is 37.7 Å². The van der Waals surface area contributed by atoms with E-state index in [1.54, 1.807) is 0 Å². The summed E-state index contributed by atoms with van der Waals surface area (Å²) in [5.41, 5.74) is 0. The molecule has 12 saturated heterocycles. The van der Waals surface area contributed by atoms with Crippen molar-refractivity contribution < 1.29 is 225 Å². The topological polar surface area (TPSA) is 396 Å². The van der Waals surface area contributed by atoms with Crippen molar-refractivity contribution in [3.63, 3.8) is 0 Å². The number of alkyl halides is 18. The van der Waals surface area contributed by atoms with Crippen molar-refractivity contribution in [1.82, 2.24) is 0 Å². The summed E-state index contributed by atoms with van der Waals surface area (Å²) in [6.07, 6.45) is 5.34. The van der Waals surface area contributed by atoms with Crippen LogP contribution in [0.15, 0.2) is 0 Å². The second-order valence-electron chi connectivity index (χ2n) is 41.9. The molecule has 0 N–H and O–H groups in total. The van der Waals surface area contributed by atoms with Gasteiger partial charge in [-0.1, -0.05) is 0 Å². The zero-order valence-electron chi connectivity index (χ0n) is 78.4. The van der Waals surface area contributed by atoms with Crippen LogP contribution < -0.4 is 0 Å². The molecular weight excluding hydrogens is 1980 g/mol. The molecule has 24 bridgehead atoms. The van der Waals surface area contributed by atoms with Crippen LogP contribution in [0.1, 0.15) is 214 Å². The number of esters is 11. The van der Waals surface area contributed by atoms with Crippen LogP contribution in [0.3, 0.4) is 0 Å². The van der Waals surface area contributed by atoms with Crippen LogP contribution in [-0.2, 0) is 143 Å². The third-order valence-electron chi connectivity index (χ3n) is 30.5. The van der Waals surface area contributed by atoms with E-state index >= 15 is 0 Å². The number of ether oxygens (including phenoxy) is 16. The Labute approximate surface area is 804 Å². The van der Waals surface area contributed by atoms with Crippen molar-refractivity contribution in [1.29, 1.82) is 0 Å². The first-order valence-corrected chi connectivity index (χ1v) is 49.4. The molecule has 12 aliphatic carbocycles. The van der Waals surface area contributed by atoms with Crippen molar-refractivity contribution in [3.8, 4) is 0 Å². The zero-order valence-corrected chi connectivity index (χ0v) is 79.3. The molecule has 12 aliphatic heterocycles. The van der Waals surface area contributed by atoms with Gasteiger partial charge in [-0.25, -0.2) is 59.1 Å². The first-order valence-electron chi connectivity index (χ1n) is 48.0. The Kier molecular flexibility index (Phi) is 34.3. The summed E-state index contributed by atoms with van der Waals surface area (Å²) in [5, 5.41) is -5.49. The van der Waals surface area contributed by atoms with E-state index in [4.69, 9.17) is 61.6 Å². The fourth-order valence-corrected chi connectivity index (χ4v) is 24.8. The maximum absolute atomic E-state index is 13.6. The lowest BCUT2D eigenvalue weighted by Crippen LogP contribution is -2.48. The Morgan fingerprint density at radius 1 is 0.317 bits per heavy atom. The average Bonchev–Trinajstić information content (AvgIpc) is 1.76. The molecule has 30 unspecified atom stereocenters. The lowest BCUT2D eigenvalue weighted by atomic mass is 9.67. The lowest BCUT2D eigenvalue weighted by Gasteiger charge is -2.41. The van der Waals surface area contributed by atoms with Crippen LogP contribution >= 0.6 is 0 Å². The summed E-state index contributed by atoms with van der Waals surface area (Å²) in [6, 6.07) is 0. The van der Waals surface area contributed by atoms with Gasteiger partial charge in [-0.2, -0.15) is 52.3 Å². The summed E-state index contributed by atoms with van der Waals surface area (Å²) in [6.45, 7) is -3.32. The van der Waals surface area contributed by atoms with E-state index in [1.165, 1.54) is 0 Å². The van der Waals surface area contributed by atoms with E-state index < -0.39 is 225 Å². The second-order valence-corrected chi connectivity index (χ2v) is 43.6. The number of hydrogen-bond donors (Lipinski definition) is 0. The van der Waals surface area contributed by atoms with Crippen molar-refractivity contribution >= 4 is 81.9 Å². The Balaban J connectivity index is 0.000000144. The van der Waals surface area contributed by atoms with Crippen molar-refractivity contribution in [2.24, 2.45) is 107 Å². The molecule has 12 heterocycles. The summed E-state index contributed by atoms with van der Waals surface area (Å²) in [5.74, 6) is -36.4. The molecule has 0 radical (unpaired) electrons.